The third-order valence-corrected chi connectivity index (χ3v) is 10.9. The summed E-state index contributed by atoms with van der Waals surface area (Å²) in [5.74, 6) is -0.497. The van der Waals surface area contributed by atoms with Crippen molar-refractivity contribution >= 4 is 11.9 Å². The first-order valence-electron chi connectivity index (χ1n) is 26.1. The zero-order valence-corrected chi connectivity index (χ0v) is 40.9. The second-order valence-electron chi connectivity index (χ2n) is 17.0. The molecule has 0 radical (unpaired) electrons. The first-order chi connectivity index (χ1) is 30.6. The lowest BCUT2D eigenvalue weighted by atomic mass is 10.1. The molecule has 1 unspecified atom stereocenters. The van der Waals surface area contributed by atoms with Crippen molar-refractivity contribution < 1.29 is 23.8 Å². The van der Waals surface area contributed by atoms with Crippen LogP contribution in [0, 0.1) is 0 Å². The summed E-state index contributed by atoms with van der Waals surface area (Å²) >= 11 is 0. The highest BCUT2D eigenvalue weighted by Gasteiger charge is 2.17. The van der Waals surface area contributed by atoms with Crippen molar-refractivity contribution in [1.29, 1.82) is 0 Å². The van der Waals surface area contributed by atoms with E-state index in [1.165, 1.54) is 128 Å². The monoisotopic (exact) mass is 863 g/mol. The molecule has 0 amide bonds. The highest BCUT2D eigenvalue weighted by molar-refractivity contribution is 5.70. The maximum absolute atomic E-state index is 12.8. The lowest BCUT2D eigenvalue weighted by Gasteiger charge is -2.18. The molecule has 0 heterocycles. The molecule has 62 heavy (non-hydrogen) atoms. The van der Waals surface area contributed by atoms with Crippen LogP contribution in [0.5, 0.6) is 0 Å². The van der Waals surface area contributed by atoms with Crippen LogP contribution >= 0.6 is 0 Å². The Hall–Kier alpha value is -2.92. The van der Waals surface area contributed by atoms with Crippen LogP contribution in [0.2, 0.25) is 0 Å². The molecule has 1 atom stereocenters. The second-order valence-corrected chi connectivity index (χ2v) is 17.0. The Bertz CT molecular complexity index is 1160. The number of ether oxygens (including phenoxy) is 3. The number of carbonyl (C=O) groups excluding carboxylic acids is 2. The Kier molecular flexibility index (Phi) is 50.0. The van der Waals surface area contributed by atoms with Gasteiger partial charge in [0.05, 0.1) is 6.61 Å². The van der Waals surface area contributed by atoms with Crippen LogP contribution in [0.25, 0.3) is 0 Å². The Morgan fingerprint density at radius 3 is 1.23 bits per heavy atom. The maximum atomic E-state index is 12.8. The van der Waals surface area contributed by atoms with Gasteiger partial charge in [-0.25, -0.2) is 0 Å². The molecule has 0 saturated heterocycles. The van der Waals surface area contributed by atoms with Crippen molar-refractivity contribution in [2.24, 2.45) is 0 Å². The Labute approximate surface area is 384 Å². The number of allylic oxidation sites excluding steroid dienone is 14. The zero-order valence-electron chi connectivity index (χ0n) is 40.9. The fourth-order valence-electron chi connectivity index (χ4n) is 7.06. The summed E-state index contributed by atoms with van der Waals surface area (Å²) < 4.78 is 17.3. The van der Waals surface area contributed by atoms with Gasteiger partial charge in [-0.1, -0.05) is 228 Å². The largest absolute Gasteiger partial charge is 0.462 e. The topological polar surface area (TPSA) is 61.8 Å². The molecule has 0 aromatic carbocycles. The number of carbonyl (C=O) groups is 2. The van der Waals surface area contributed by atoms with Crippen molar-refractivity contribution in [3.8, 4) is 0 Å². The maximum Gasteiger partial charge on any atom is 0.306 e. The number of hydrogen-bond acceptors (Lipinski definition) is 5. The second kappa shape index (κ2) is 52.4. The third kappa shape index (κ3) is 49.7. The minimum absolute atomic E-state index is 0.0423. The summed E-state index contributed by atoms with van der Waals surface area (Å²) in [5.41, 5.74) is 0. The third-order valence-electron chi connectivity index (χ3n) is 10.9. The number of rotatable bonds is 47. The minimum atomic E-state index is -0.569. The number of hydrogen-bond donors (Lipinski definition) is 0. The molecule has 0 aliphatic heterocycles. The Morgan fingerprint density at radius 1 is 0.371 bits per heavy atom. The van der Waals surface area contributed by atoms with Gasteiger partial charge < -0.3 is 14.2 Å². The van der Waals surface area contributed by atoms with E-state index < -0.39 is 6.10 Å². The van der Waals surface area contributed by atoms with Gasteiger partial charge in [-0.15, -0.1) is 0 Å². The van der Waals surface area contributed by atoms with E-state index in [-0.39, 0.29) is 25.2 Å². The molecule has 0 bridgehead atoms. The van der Waals surface area contributed by atoms with Crippen LogP contribution in [0.1, 0.15) is 239 Å². The van der Waals surface area contributed by atoms with Gasteiger partial charge in [0.2, 0.25) is 0 Å². The molecule has 0 aromatic rings. The SMILES string of the molecule is CC/C=C\C/C=C\C/C=C\C/C=C\C/C=C\C/C=C\CCC(=O)OCC(COCCCCCCCCCCCC)OC(=O)CCCCCCCCC/C=C\CCCCCCCC. The smallest absolute Gasteiger partial charge is 0.306 e. The molecule has 0 aliphatic carbocycles. The fourth-order valence-corrected chi connectivity index (χ4v) is 7.06. The van der Waals surface area contributed by atoms with Crippen LogP contribution < -0.4 is 0 Å². The van der Waals surface area contributed by atoms with E-state index in [0.717, 1.165) is 70.6 Å². The van der Waals surface area contributed by atoms with Gasteiger partial charge >= 0.3 is 11.9 Å². The van der Waals surface area contributed by atoms with Gasteiger partial charge in [0, 0.05) is 19.4 Å². The lowest BCUT2D eigenvalue weighted by molar-refractivity contribution is -0.162. The summed E-state index contributed by atoms with van der Waals surface area (Å²) in [6.07, 6.45) is 68.9. The Balaban J connectivity index is 4.34. The highest BCUT2D eigenvalue weighted by atomic mass is 16.6. The van der Waals surface area contributed by atoms with Crippen LogP contribution in [0.4, 0.5) is 0 Å². The lowest BCUT2D eigenvalue weighted by Crippen LogP contribution is -2.30. The van der Waals surface area contributed by atoms with Crippen LogP contribution in [0.3, 0.4) is 0 Å². The van der Waals surface area contributed by atoms with E-state index in [1.54, 1.807) is 0 Å². The fraction of sp³-hybridized carbons (Fsp3) is 0.719. The van der Waals surface area contributed by atoms with Crippen molar-refractivity contribution in [1.82, 2.24) is 0 Å². The van der Waals surface area contributed by atoms with Gasteiger partial charge in [0.25, 0.3) is 0 Å². The summed E-state index contributed by atoms with van der Waals surface area (Å²) in [6, 6.07) is 0. The quantitative estimate of drug-likeness (QED) is 0.0346. The molecule has 5 nitrogen and oxygen atoms in total. The average Bonchev–Trinajstić information content (AvgIpc) is 3.27. The average molecular weight is 863 g/mol. The first-order valence-corrected chi connectivity index (χ1v) is 26.1. The van der Waals surface area contributed by atoms with E-state index in [0.29, 0.717) is 25.9 Å². The van der Waals surface area contributed by atoms with Crippen LogP contribution in [0.15, 0.2) is 85.1 Å². The molecule has 0 spiro atoms. The van der Waals surface area contributed by atoms with Crippen molar-refractivity contribution in [2.45, 2.75) is 245 Å². The van der Waals surface area contributed by atoms with E-state index in [1.807, 2.05) is 6.08 Å². The van der Waals surface area contributed by atoms with E-state index in [9.17, 15) is 9.59 Å². The van der Waals surface area contributed by atoms with Crippen molar-refractivity contribution in [3.63, 3.8) is 0 Å². The van der Waals surface area contributed by atoms with Gasteiger partial charge in [0.1, 0.15) is 6.61 Å². The molecular formula is C57H98O5. The normalized spacial score (nSPS) is 12.9. The van der Waals surface area contributed by atoms with Gasteiger partial charge in [-0.05, 0) is 83.5 Å². The highest BCUT2D eigenvalue weighted by Crippen LogP contribution is 2.14. The molecule has 0 fully saturated rings. The zero-order chi connectivity index (χ0) is 44.9. The summed E-state index contributed by atoms with van der Waals surface area (Å²) in [6.45, 7) is 7.63. The molecular weight excluding hydrogens is 765 g/mol. The van der Waals surface area contributed by atoms with Crippen LogP contribution in [-0.4, -0.2) is 37.9 Å². The molecule has 0 aromatic heterocycles. The first kappa shape index (κ1) is 59.1. The number of esters is 2. The summed E-state index contributed by atoms with van der Waals surface area (Å²) in [5, 5.41) is 0. The molecule has 356 valence electrons. The van der Waals surface area contributed by atoms with Crippen LogP contribution in [-0.2, 0) is 23.8 Å². The Morgan fingerprint density at radius 2 is 0.758 bits per heavy atom. The molecule has 0 saturated carbocycles. The summed E-state index contributed by atoms with van der Waals surface area (Å²) in [4.78, 5) is 25.4. The predicted molar refractivity (Wildman–Crippen MR) is 270 cm³/mol. The van der Waals surface area contributed by atoms with E-state index in [4.69, 9.17) is 14.2 Å². The molecule has 0 rings (SSSR count). The van der Waals surface area contributed by atoms with Gasteiger partial charge in [-0.3, -0.25) is 9.59 Å². The van der Waals surface area contributed by atoms with E-state index >= 15 is 0 Å². The number of unbranched alkanes of at least 4 members (excludes halogenated alkanes) is 22. The predicted octanol–water partition coefficient (Wildman–Crippen LogP) is 17.7. The molecule has 0 aliphatic rings. The summed E-state index contributed by atoms with van der Waals surface area (Å²) in [7, 11) is 0. The molecule has 0 N–H and O–H groups in total. The standard InChI is InChI=1S/C57H98O5/c1-4-7-10-13-16-19-22-24-26-28-29-31-32-34-36-38-41-44-47-50-56(58)61-54-55(53-60-52-49-46-43-40-21-18-15-12-9-6-3)62-57(59)51-48-45-42-39-37-35-33-30-27-25-23-20-17-14-11-8-5-2/h7,10,16,19,24-27,29,31,34,36,41,44,55H,4-6,8-9,11-15,17-18,20-23,28,30,32-33,35,37-40,42-43,45-54H2,1-3H3/b10-7-,19-16-,26-24-,27-25-,31-29-,36-34-,44-41-. The van der Waals surface area contributed by atoms with Gasteiger partial charge in [-0.2, -0.15) is 0 Å². The van der Waals surface area contributed by atoms with E-state index in [2.05, 4.69) is 99.8 Å². The van der Waals surface area contributed by atoms with Crippen molar-refractivity contribution in [2.75, 3.05) is 19.8 Å². The van der Waals surface area contributed by atoms with Gasteiger partial charge in [0.15, 0.2) is 6.10 Å². The minimum Gasteiger partial charge on any atom is -0.462 e. The molecule has 5 heteroatoms. The van der Waals surface area contributed by atoms with Crippen molar-refractivity contribution in [3.05, 3.63) is 85.1 Å².